The number of rotatable bonds is 6. The Morgan fingerprint density at radius 2 is 1.67 bits per heavy atom. The SMILES string of the molecule is COc1ccc(CNC(=O)COc2ccc3c(c2)[nH]c2ccccc23)cc1. The van der Waals surface area contributed by atoms with Crippen molar-refractivity contribution in [1.82, 2.24) is 10.3 Å². The molecular formula is C22H20N2O3. The Kier molecular flexibility index (Phi) is 4.66. The summed E-state index contributed by atoms with van der Waals surface area (Å²) in [5.74, 6) is 1.29. The zero-order valence-corrected chi connectivity index (χ0v) is 15.0. The van der Waals surface area contributed by atoms with E-state index >= 15 is 0 Å². The summed E-state index contributed by atoms with van der Waals surface area (Å²) in [5.41, 5.74) is 3.08. The minimum Gasteiger partial charge on any atom is -0.497 e. The molecule has 0 unspecified atom stereocenters. The van der Waals surface area contributed by atoms with E-state index in [9.17, 15) is 4.79 Å². The van der Waals surface area contributed by atoms with Crippen LogP contribution in [-0.2, 0) is 11.3 Å². The molecule has 0 aliphatic rings. The van der Waals surface area contributed by atoms with Crippen LogP contribution in [0.25, 0.3) is 21.8 Å². The summed E-state index contributed by atoms with van der Waals surface area (Å²) in [5, 5.41) is 5.17. The van der Waals surface area contributed by atoms with Crippen LogP contribution < -0.4 is 14.8 Å². The average molecular weight is 360 g/mol. The lowest BCUT2D eigenvalue weighted by Crippen LogP contribution is -2.28. The number of hydrogen-bond acceptors (Lipinski definition) is 3. The standard InChI is InChI=1S/C22H20N2O3/c1-26-16-8-6-15(7-9-16)13-23-22(25)14-27-17-10-11-19-18-4-2-3-5-20(18)24-21(19)12-17/h2-12,24H,13-14H2,1H3,(H,23,25). The first kappa shape index (κ1) is 17.0. The maximum Gasteiger partial charge on any atom is 0.258 e. The van der Waals surface area contributed by atoms with Gasteiger partial charge in [0.25, 0.3) is 5.91 Å². The zero-order chi connectivity index (χ0) is 18.6. The number of benzene rings is 3. The summed E-state index contributed by atoms with van der Waals surface area (Å²) >= 11 is 0. The summed E-state index contributed by atoms with van der Waals surface area (Å²) in [6.07, 6.45) is 0. The van der Waals surface area contributed by atoms with Crippen LogP contribution in [-0.4, -0.2) is 24.6 Å². The highest BCUT2D eigenvalue weighted by Gasteiger charge is 2.07. The van der Waals surface area contributed by atoms with Gasteiger partial charge in [-0.2, -0.15) is 0 Å². The molecule has 0 atom stereocenters. The molecule has 4 rings (SSSR count). The molecular weight excluding hydrogens is 340 g/mol. The Hall–Kier alpha value is -3.47. The van der Waals surface area contributed by atoms with Crippen molar-refractivity contribution in [1.29, 1.82) is 0 Å². The molecule has 0 radical (unpaired) electrons. The largest absolute Gasteiger partial charge is 0.497 e. The number of ether oxygens (including phenoxy) is 2. The van der Waals surface area contributed by atoms with E-state index in [0.717, 1.165) is 27.7 Å². The third-order valence-corrected chi connectivity index (χ3v) is 4.50. The van der Waals surface area contributed by atoms with Crippen molar-refractivity contribution in [3.63, 3.8) is 0 Å². The molecule has 27 heavy (non-hydrogen) atoms. The van der Waals surface area contributed by atoms with Crippen LogP contribution in [0.5, 0.6) is 11.5 Å². The second kappa shape index (κ2) is 7.41. The van der Waals surface area contributed by atoms with Crippen LogP contribution in [0.15, 0.2) is 66.7 Å². The van der Waals surface area contributed by atoms with Crippen molar-refractivity contribution in [2.45, 2.75) is 6.54 Å². The van der Waals surface area contributed by atoms with Crippen molar-refractivity contribution < 1.29 is 14.3 Å². The molecule has 2 N–H and O–H groups in total. The molecule has 1 aromatic heterocycles. The molecule has 0 spiro atoms. The number of nitrogens with one attached hydrogen (secondary N) is 2. The number of methoxy groups -OCH3 is 1. The number of fused-ring (bicyclic) bond motifs is 3. The molecule has 0 bridgehead atoms. The second-order valence-corrected chi connectivity index (χ2v) is 6.29. The number of para-hydroxylation sites is 1. The highest BCUT2D eigenvalue weighted by atomic mass is 16.5. The summed E-state index contributed by atoms with van der Waals surface area (Å²) in [7, 11) is 1.63. The van der Waals surface area contributed by atoms with Gasteiger partial charge in [0.15, 0.2) is 6.61 Å². The molecule has 0 fully saturated rings. The molecule has 0 saturated carbocycles. The first-order valence-electron chi connectivity index (χ1n) is 8.76. The van der Waals surface area contributed by atoms with E-state index in [1.807, 2.05) is 60.7 Å². The van der Waals surface area contributed by atoms with Gasteiger partial charge in [0.2, 0.25) is 0 Å². The minimum absolute atomic E-state index is 0.0259. The predicted molar refractivity (Wildman–Crippen MR) is 106 cm³/mol. The van der Waals surface area contributed by atoms with Crippen LogP contribution in [0, 0.1) is 0 Å². The van der Waals surface area contributed by atoms with E-state index in [0.29, 0.717) is 12.3 Å². The fraction of sp³-hybridized carbons (Fsp3) is 0.136. The molecule has 136 valence electrons. The van der Waals surface area contributed by atoms with Crippen molar-refractivity contribution in [3.05, 3.63) is 72.3 Å². The lowest BCUT2D eigenvalue weighted by molar-refractivity contribution is -0.123. The number of aromatic amines is 1. The second-order valence-electron chi connectivity index (χ2n) is 6.29. The summed E-state index contributed by atoms with van der Waals surface area (Å²) in [4.78, 5) is 15.4. The summed E-state index contributed by atoms with van der Waals surface area (Å²) < 4.78 is 10.8. The molecule has 0 aliphatic carbocycles. The first-order valence-corrected chi connectivity index (χ1v) is 8.76. The van der Waals surface area contributed by atoms with Crippen LogP contribution in [0.3, 0.4) is 0 Å². The fourth-order valence-corrected chi connectivity index (χ4v) is 3.07. The van der Waals surface area contributed by atoms with Gasteiger partial charge in [0.1, 0.15) is 11.5 Å². The van der Waals surface area contributed by atoms with Crippen molar-refractivity contribution in [3.8, 4) is 11.5 Å². The maximum absolute atomic E-state index is 12.0. The highest BCUT2D eigenvalue weighted by Crippen LogP contribution is 2.28. The van der Waals surface area contributed by atoms with Crippen LogP contribution in [0.1, 0.15) is 5.56 Å². The first-order chi connectivity index (χ1) is 13.2. The third-order valence-electron chi connectivity index (χ3n) is 4.50. The van der Waals surface area contributed by atoms with Gasteiger partial charge in [-0.25, -0.2) is 0 Å². The molecule has 0 saturated heterocycles. The number of hydrogen-bond donors (Lipinski definition) is 2. The molecule has 5 nitrogen and oxygen atoms in total. The van der Waals surface area contributed by atoms with E-state index in [2.05, 4.69) is 16.4 Å². The van der Waals surface area contributed by atoms with E-state index in [1.165, 1.54) is 5.39 Å². The quantitative estimate of drug-likeness (QED) is 0.546. The Balaban J connectivity index is 1.36. The van der Waals surface area contributed by atoms with Gasteiger partial charge in [-0.1, -0.05) is 30.3 Å². The van der Waals surface area contributed by atoms with Gasteiger partial charge >= 0.3 is 0 Å². The smallest absolute Gasteiger partial charge is 0.258 e. The number of carbonyl (C=O) groups excluding carboxylic acids is 1. The number of carbonyl (C=O) groups is 1. The zero-order valence-electron chi connectivity index (χ0n) is 15.0. The van der Waals surface area contributed by atoms with Crippen LogP contribution in [0.4, 0.5) is 0 Å². The Morgan fingerprint density at radius 3 is 2.48 bits per heavy atom. The Bertz CT molecular complexity index is 1080. The average Bonchev–Trinajstić information content (AvgIpc) is 3.09. The van der Waals surface area contributed by atoms with Gasteiger partial charge in [-0.15, -0.1) is 0 Å². The lowest BCUT2D eigenvalue weighted by Gasteiger charge is -2.08. The van der Waals surface area contributed by atoms with Crippen molar-refractivity contribution in [2.24, 2.45) is 0 Å². The van der Waals surface area contributed by atoms with Crippen LogP contribution in [0.2, 0.25) is 0 Å². The number of amides is 1. The molecule has 1 amide bonds. The van der Waals surface area contributed by atoms with E-state index in [-0.39, 0.29) is 12.5 Å². The number of H-pyrrole nitrogens is 1. The fourth-order valence-electron chi connectivity index (χ4n) is 3.07. The molecule has 5 heteroatoms. The normalized spacial score (nSPS) is 10.9. The van der Waals surface area contributed by atoms with E-state index < -0.39 is 0 Å². The maximum atomic E-state index is 12.0. The minimum atomic E-state index is -0.164. The summed E-state index contributed by atoms with van der Waals surface area (Å²) in [6, 6.07) is 21.6. The van der Waals surface area contributed by atoms with Crippen molar-refractivity contribution in [2.75, 3.05) is 13.7 Å². The molecule has 1 heterocycles. The van der Waals surface area contributed by atoms with E-state index in [4.69, 9.17) is 9.47 Å². The monoisotopic (exact) mass is 360 g/mol. The van der Waals surface area contributed by atoms with Crippen LogP contribution >= 0.6 is 0 Å². The lowest BCUT2D eigenvalue weighted by atomic mass is 10.1. The Morgan fingerprint density at radius 1 is 0.926 bits per heavy atom. The van der Waals surface area contributed by atoms with Gasteiger partial charge in [0, 0.05) is 28.9 Å². The third kappa shape index (κ3) is 3.72. The topological polar surface area (TPSA) is 63.4 Å². The molecule has 4 aromatic rings. The molecule has 3 aromatic carbocycles. The summed E-state index contributed by atoms with van der Waals surface area (Å²) in [6.45, 7) is 0.426. The van der Waals surface area contributed by atoms with Gasteiger partial charge in [-0.05, 0) is 35.9 Å². The Labute approximate surface area is 156 Å². The molecule has 0 aliphatic heterocycles. The van der Waals surface area contributed by atoms with Gasteiger partial charge in [0.05, 0.1) is 12.6 Å². The van der Waals surface area contributed by atoms with E-state index in [1.54, 1.807) is 7.11 Å². The number of aromatic nitrogens is 1. The van der Waals surface area contributed by atoms with Gasteiger partial charge < -0.3 is 19.8 Å². The highest BCUT2D eigenvalue weighted by molar-refractivity contribution is 6.07. The predicted octanol–water partition coefficient (Wildman–Crippen LogP) is 4.02. The van der Waals surface area contributed by atoms with Crippen molar-refractivity contribution >= 4 is 27.7 Å². The van der Waals surface area contributed by atoms with Gasteiger partial charge in [-0.3, -0.25) is 4.79 Å².